The number of rotatable bonds is 4. The van der Waals surface area contributed by atoms with Crippen LogP contribution in [0.4, 0.5) is 5.69 Å². The number of fused-ring (bicyclic) bond motifs is 1. The van der Waals surface area contributed by atoms with Gasteiger partial charge in [0.2, 0.25) is 5.91 Å². The molecular formula is C17H25N3O. The first kappa shape index (κ1) is 14.4. The summed E-state index contributed by atoms with van der Waals surface area (Å²) in [7, 11) is 0. The van der Waals surface area contributed by atoms with Crippen LogP contribution in [0.25, 0.3) is 0 Å². The van der Waals surface area contributed by atoms with E-state index in [0.717, 1.165) is 52.2 Å². The van der Waals surface area contributed by atoms with Crippen LogP contribution in [-0.4, -0.2) is 61.5 Å². The van der Waals surface area contributed by atoms with Crippen molar-refractivity contribution in [1.29, 1.82) is 0 Å². The molecule has 1 amide bonds. The van der Waals surface area contributed by atoms with Crippen LogP contribution in [0.15, 0.2) is 24.3 Å². The van der Waals surface area contributed by atoms with Crippen LogP contribution >= 0.6 is 0 Å². The van der Waals surface area contributed by atoms with Gasteiger partial charge >= 0.3 is 0 Å². The van der Waals surface area contributed by atoms with Gasteiger partial charge in [0.05, 0.1) is 0 Å². The maximum Gasteiger partial charge on any atom is 0.224 e. The van der Waals surface area contributed by atoms with Crippen molar-refractivity contribution >= 4 is 11.6 Å². The summed E-state index contributed by atoms with van der Waals surface area (Å²) in [5.74, 6) is 0.315. The van der Waals surface area contributed by atoms with Crippen molar-refractivity contribution in [3.63, 3.8) is 0 Å². The van der Waals surface area contributed by atoms with Crippen molar-refractivity contribution in [2.45, 2.75) is 19.8 Å². The quantitative estimate of drug-likeness (QED) is 0.841. The summed E-state index contributed by atoms with van der Waals surface area (Å²) < 4.78 is 0. The topological polar surface area (TPSA) is 26.8 Å². The van der Waals surface area contributed by atoms with Crippen molar-refractivity contribution in [2.75, 3.05) is 50.7 Å². The first-order valence-corrected chi connectivity index (χ1v) is 8.11. The molecule has 1 aromatic carbocycles. The molecule has 4 nitrogen and oxygen atoms in total. The van der Waals surface area contributed by atoms with E-state index in [1.165, 1.54) is 11.3 Å². The molecular weight excluding hydrogens is 262 g/mol. The van der Waals surface area contributed by atoms with E-state index in [4.69, 9.17) is 0 Å². The normalized spacial score (nSPS) is 18.9. The highest BCUT2D eigenvalue weighted by atomic mass is 16.2. The molecule has 2 aliphatic rings. The lowest BCUT2D eigenvalue weighted by atomic mass is 10.2. The zero-order valence-corrected chi connectivity index (χ0v) is 12.9. The predicted octanol–water partition coefficient (Wildman–Crippen LogP) is 1.60. The Labute approximate surface area is 127 Å². The molecule has 1 saturated heterocycles. The highest BCUT2D eigenvalue weighted by molar-refractivity contribution is 5.77. The highest BCUT2D eigenvalue weighted by Gasteiger charge is 2.22. The Hall–Kier alpha value is -1.55. The van der Waals surface area contributed by atoms with Gasteiger partial charge in [0.1, 0.15) is 0 Å². The Kier molecular flexibility index (Phi) is 4.44. The van der Waals surface area contributed by atoms with Gasteiger partial charge in [-0.1, -0.05) is 25.1 Å². The van der Waals surface area contributed by atoms with E-state index in [0.29, 0.717) is 12.3 Å². The highest BCUT2D eigenvalue weighted by Crippen LogP contribution is 2.27. The van der Waals surface area contributed by atoms with E-state index in [1.54, 1.807) is 0 Å². The van der Waals surface area contributed by atoms with Gasteiger partial charge in [-0.05, 0) is 24.6 Å². The molecule has 3 rings (SSSR count). The first-order valence-electron chi connectivity index (χ1n) is 8.11. The number of benzene rings is 1. The van der Waals surface area contributed by atoms with E-state index in [-0.39, 0.29) is 0 Å². The first-order chi connectivity index (χ1) is 10.3. The van der Waals surface area contributed by atoms with E-state index in [9.17, 15) is 4.79 Å². The lowest BCUT2D eigenvalue weighted by Crippen LogP contribution is -2.49. The third-order valence-corrected chi connectivity index (χ3v) is 4.75. The predicted molar refractivity (Wildman–Crippen MR) is 85.7 cm³/mol. The fourth-order valence-corrected chi connectivity index (χ4v) is 3.34. The van der Waals surface area contributed by atoms with Gasteiger partial charge in [-0.25, -0.2) is 0 Å². The molecule has 0 radical (unpaired) electrons. The van der Waals surface area contributed by atoms with Gasteiger partial charge in [0.15, 0.2) is 0 Å². The minimum atomic E-state index is 0.315. The van der Waals surface area contributed by atoms with Crippen LogP contribution in [0.2, 0.25) is 0 Å². The molecule has 2 aliphatic heterocycles. The van der Waals surface area contributed by atoms with E-state index < -0.39 is 0 Å². The Morgan fingerprint density at radius 2 is 1.86 bits per heavy atom. The second-order valence-corrected chi connectivity index (χ2v) is 5.93. The number of hydrogen-bond donors (Lipinski definition) is 0. The molecule has 21 heavy (non-hydrogen) atoms. The van der Waals surface area contributed by atoms with E-state index in [1.807, 2.05) is 4.90 Å². The molecule has 0 N–H and O–H groups in total. The SMILES string of the molecule is CCN1CCN(C(=O)CCN2CCc3ccccc32)CC1. The number of carbonyl (C=O) groups is 1. The molecule has 0 aromatic heterocycles. The molecule has 0 atom stereocenters. The van der Waals surface area contributed by atoms with Crippen LogP contribution in [0, 0.1) is 0 Å². The van der Waals surface area contributed by atoms with Crippen molar-refractivity contribution in [2.24, 2.45) is 0 Å². The maximum absolute atomic E-state index is 12.3. The molecule has 114 valence electrons. The number of nitrogens with zero attached hydrogens (tertiary/aromatic N) is 3. The maximum atomic E-state index is 12.3. The average molecular weight is 287 g/mol. The Morgan fingerprint density at radius 1 is 1.10 bits per heavy atom. The summed E-state index contributed by atoms with van der Waals surface area (Å²) in [4.78, 5) is 19.1. The number of carbonyl (C=O) groups excluding carboxylic acids is 1. The summed E-state index contributed by atoms with van der Waals surface area (Å²) >= 11 is 0. The fraction of sp³-hybridized carbons (Fsp3) is 0.588. The Morgan fingerprint density at radius 3 is 2.62 bits per heavy atom. The third kappa shape index (κ3) is 3.21. The zero-order valence-electron chi connectivity index (χ0n) is 12.9. The summed E-state index contributed by atoms with van der Waals surface area (Å²) in [5.41, 5.74) is 2.74. The minimum absolute atomic E-state index is 0.315. The number of hydrogen-bond acceptors (Lipinski definition) is 3. The fourth-order valence-electron chi connectivity index (χ4n) is 3.34. The number of amides is 1. The molecule has 0 aliphatic carbocycles. The number of likely N-dealkylation sites (N-methyl/N-ethyl adjacent to an activating group) is 1. The van der Waals surface area contributed by atoms with E-state index >= 15 is 0 Å². The second-order valence-electron chi connectivity index (χ2n) is 5.93. The largest absolute Gasteiger partial charge is 0.370 e. The molecule has 0 spiro atoms. The number of para-hydroxylation sites is 1. The van der Waals surface area contributed by atoms with Crippen molar-refractivity contribution in [1.82, 2.24) is 9.80 Å². The summed E-state index contributed by atoms with van der Waals surface area (Å²) in [6, 6.07) is 8.55. The van der Waals surface area contributed by atoms with Gasteiger partial charge in [-0.15, -0.1) is 0 Å². The average Bonchev–Trinajstić information content (AvgIpc) is 2.96. The molecule has 0 unspecified atom stereocenters. The van der Waals surface area contributed by atoms with Crippen molar-refractivity contribution in [3.05, 3.63) is 29.8 Å². The molecule has 0 saturated carbocycles. The number of piperazine rings is 1. The van der Waals surface area contributed by atoms with Crippen LogP contribution < -0.4 is 4.90 Å². The lowest BCUT2D eigenvalue weighted by molar-refractivity contribution is -0.132. The van der Waals surface area contributed by atoms with Gasteiger partial charge in [0.25, 0.3) is 0 Å². The van der Waals surface area contributed by atoms with Gasteiger partial charge in [0, 0.05) is 51.4 Å². The third-order valence-electron chi connectivity index (χ3n) is 4.75. The molecule has 1 aromatic rings. The minimum Gasteiger partial charge on any atom is -0.370 e. The summed E-state index contributed by atoms with van der Waals surface area (Å²) in [5, 5.41) is 0. The van der Waals surface area contributed by atoms with E-state index in [2.05, 4.69) is 41.0 Å². The smallest absolute Gasteiger partial charge is 0.224 e. The van der Waals surface area contributed by atoms with Gasteiger partial charge in [-0.2, -0.15) is 0 Å². The zero-order chi connectivity index (χ0) is 14.7. The monoisotopic (exact) mass is 287 g/mol. The number of anilines is 1. The van der Waals surface area contributed by atoms with Gasteiger partial charge in [-0.3, -0.25) is 4.79 Å². The second kappa shape index (κ2) is 6.48. The summed E-state index contributed by atoms with van der Waals surface area (Å²) in [6.07, 6.45) is 1.75. The summed E-state index contributed by atoms with van der Waals surface area (Å²) in [6.45, 7) is 9.01. The molecule has 2 heterocycles. The Balaban J connectivity index is 1.49. The molecule has 4 heteroatoms. The van der Waals surface area contributed by atoms with Crippen LogP contribution in [0.5, 0.6) is 0 Å². The van der Waals surface area contributed by atoms with Gasteiger partial charge < -0.3 is 14.7 Å². The standard InChI is InChI=1S/C17H25N3O/c1-2-18-11-13-20(14-12-18)17(21)8-10-19-9-7-15-5-3-4-6-16(15)19/h3-6H,2,7-14H2,1H3. The van der Waals surface area contributed by atoms with Crippen LogP contribution in [0.3, 0.4) is 0 Å². The van der Waals surface area contributed by atoms with Crippen LogP contribution in [-0.2, 0) is 11.2 Å². The molecule has 1 fully saturated rings. The Bertz CT molecular complexity index is 495. The van der Waals surface area contributed by atoms with Crippen LogP contribution in [0.1, 0.15) is 18.9 Å². The lowest BCUT2D eigenvalue weighted by Gasteiger charge is -2.34. The van der Waals surface area contributed by atoms with Crippen molar-refractivity contribution < 1.29 is 4.79 Å². The van der Waals surface area contributed by atoms with Crippen molar-refractivity contribution in [3.8, 4) is 0 Å². The molecule has 0 bridgehead atoms.